The van der Waals surface area contributed by atoms with Crippen molar-refractivity contribution in [1.82, 2.24) is 19.9 Å². The molecule has 0 saturated heterocycles. The van der Waals surface area contributed by atoms with Crippen molar-refractivity contribution in [3.8, 4) is 45.8 Å². The number of rotatable bonds is 9. The van der Waals surface area contributed by atoms with Crippen LogP contribution in [0.25, 0.3) is 68.6 Å². The lowest BCUT2D eigenvalue weighted by atomic mass is 10.0. The van der Waals surface area contributed by atoms with Crippen LogP contribution in [-0.4, -0.2) is 90.9 Å². The average Bonchev–Trinajstić information content (AvgIpc) is 3.92. The van der Waals surface area contributed by atoms with E-state index in [-0.39, 0.29) is 0 Å². The Hall–Kier alpha value is -5.88. The Kier molecular flexibility index (Phi) is 9.57. The van der Waals surface area contributed by atoms with Crippen LogP contribution in [0.4, 0.5) is 0 Å². The second-order valence-electron chi connectivity index (χ2n) is 15.3. The topological polar surface area (TPSA) is 75.8 Å². The molecule has 8 bridgehead atoms. The molecular formula is C44H46N6O2+2. The highest BCUT2D eigenvalue weighted by molar-refractivity contribution is 5.94. The lowest BCUT2D eigenvalue weighted by molar-refractivity contribution is -0.870. The molecule has 0 fully saturated rings. The first-order valence-electron chi connectivity index (χ1n) is 17.7. The minimum absolute atomic E-state index is 0.671. The van der Waals surface area contributed by atoms with Crippen molar-refractivity contribution in [3.63, 3.8) is 0 Å². The van der Waals surface area contributed by atoms with Gasteiger partial charge >= 0.3 is 0 Å². The number of fused-ring (bicyclic) bond motifs is 8. The van der Waals surface area contributed by atoms with Crippen LogP contribution < -0.4 is 9.47 Å². The zero-order chi connectivity index (χ0) is 36.3. The monoisotopic (exact) mass is 690 g/mol. The zero-order valence-electron chi connectivity index (χ0n) is 30.8. The summed E-state index contributed by atoms with van der Waals surface area (Å²) < 4.78 is 13.7. The van der Waals surface area contributed by atoms with E-state index in [9.17, 15) is 0 Å². The summed E-state index contributed by atoms with van der Waals surface area (Å²) in [6, 6.07) is 28.9. The molecule has 0 unspecified atom stereocenters. The summed E-state index contributed by atoms with van der Waals surface area (Å²) in [4.78, 5) is 17.5. The smallest absolute Gasteiger partial charge is 0.143 e. The van der Waals surface area contributed by atoms with Crippen molar-refractivity contribution in [2.75, 3.05) is 62.0 Å². The number of hydrogen-bond acceptors (Lipinski definition) is 4. The summed E-state index contributed by atoms with van der Waals surface area (Å²) in [5, 5.41) is 0. The van der Waals surface area contributed by atoms with Crippen LogP contribution in [0.1, 0.15) is 29.2 Å². The van der Waals surface area contributed by atoms with Gasteiger partial charge < -0.3 is 28.4 Å². The van der Waals surface area contributed by atoms with Crippen molar-refractivity contribution < 1.29 is 18.4 Å². The molecule has 7 rings (SSSR count). The fourth-order valence-corrected chi connectivity index (χ4v) is 6.23. The predicted octanol–water partition coefficient (Wildman–Crippen LogP) is 8.51. The quantitative estimate of drug-likeness (QED) is 0.0905. The lowest BCUT2D eigenvalue weighted by Crippen LogP contribution is -2.35. The van der Waals surface area contributed by atoms with Crippen LogP contribution in [0.15, 0.2) is 84.9 Å². The Balaban J connectivity index is 1.32. The van der Waals surface area contributed by atoms with Crippen molar-refractivity contribution in [1.29, 1.82) is 0 Å². The molecule has 2 aromatic carbocycles. The Morgan fingerprint density at radius 3 is 1.79 bits per heavy atom. The average molecular weight is 691 g/mol. The summed E-state index contributed by atoms with van der Waals surface area (Å²) in [6.45, 7) is 2.41. The molecule has 5 aromatic rings. The first-order chi connectivity index (χ1) is 25.0. The van der Waals surface area contributed by atoms with Crippen molar-refractivity contribution in [2.24, 2.45) is 0 Å². The molecule has 3 aromatic heterocycles. The van der Waals surface area contributed by atoms with E-state index in [1.165, 1.54) is 0 Å². The molecule has 2 aliphatic heterocycles. The van der Waals surface area contributed by atoms with Crippen LogP contribution >= 0.6 is 0 Å². The van der Waals surface area contributed by atoms with E-state index in [0.29, 0.717) is 18.9 Å². The Bertz CT molecular complexity index is 2310. The summed E-state index contributed by atoms with van der Waals surface area (Å²) >= 11 is 0. The number of ether oxygens (including phenoxy) is 2. The number of nitrogens with zero attached hydrogens (tertiary/aromatic N) is 4. The molecule has 262 valence electrons. The van der Waals surface area contributed by atoms with Crippen LogP contribution in [0.3, 0.4) is 0 Å². The molecule has 8 heteroatoms. The molecular weight excluding hydrogens is 645 g/mol. The van der Waals surface area contributed by atoms with E-state index in [2.05, 4.69) is 137 Å². The molecule has 2 N–H and O–H groups in total. The third kappa shape index (κ3) is 8.52. The van der Waals surface area contributed by atoms with E-state index >= 15 is 0 Å². The first kappa shape index (κ1) is 34.6. The summed E-state index contributed by atoms with van der Waals surface area (Å²) in [7, 11) is 12.9. The third-order valence-corrected chi connectivity index (χ3v) is 8.68. The van der Waals surface area contributed by atoms with Crippen LogP contribution in [0.2, 0.25) is 0 Å². The van der Waals surface area contributed by atoms with Crippen LogP contribution in [-0.2, 0) is 0 Å². The Morgan fingerprint density at radius 1 is 0.615 bits per heavy atom. The molecule has 0 atom stereocenters. The molecule has 0 radical (unpaired) electrons. The van der Waals surface area contributed by atoms with E-state index < -0.39 is 0 Å². The SMILES string of the molecule is C[N+](C)(C)CC#COc1cccc(-c2c3nc(cc4ccc([nH]4)c(-c4cccc(OCCC[N+](C)(C)C)c4)c4ccc(cc5nc2C=C5)[nH]4)C=C3)c1. The van der Waals surface area contributed by atoms with Crippen molar-refractivity contribution in [2.45, 2.75) is 6.42 Å². The van der Waals surface area contributed by atoms with Gasteiger partial charge in [-0.3, -0.25) is 0 Å². The zero-order valence-corrected chi connectivity index (χ0v) is 30.8. The molecule has 0 saturated carbocycles. The number of aromatic nitrogens is 4. The standard InChI is InChI=1S/C44H46N6O2/c1-49(2,3)23-9-25-51-37-13-7-11-31(27-37)43-39-19-15-33(45-39)29-35-17-21-41(47-35)44(42-22-18-36(48-42)30-34-16-20-40(43)46-34)32-12-8-14-38(28-32)52-26-10-24-50(4,5)6/h7-8,11-22,27-30,45-46H,9,23-25H2,1-6H3/q+2. The number of nitrogens with one attached hydrogen (secondary N) is 2. The molecule has 5 heterocycles. The summed E-state index contributed by atoms with van der Waals surface area (Å²) in [5.41, 5.74) is 11.2. The van der Waals surface area contributed by atoms with E-state index in [1.807, 2.05) is 36.4 Å². The minimum atomic E-state index is 0.671. The summed E-state index contributed by atoms with van der Waals surface area (Å²) in [6.07, 6.45) is 12.0. The summed E-state index contributed by atoms with van der Waals surface area (Å²) in [5.74, 6) is 4.64. The second-order valence-corrected chi connectivity index (χ2v) is 15.3. The fourth-order valence-electron chi connectivity index (χ4n) is 6.23. The first-order valence-corrected chi connectivity index (χ1v) is 17.7. The Labute approximate surface area is 305 Å². The molecule has 0 spiro atoms. The maximum absolute atomic E-state index is 6.22. The van der Waals surface area contributed by atoms with Gasteiger partial charge in [0, 0.05) is 45.5 Å². The molecule has 52 heavy (non-hydrogen) atoms. The molecule has 2 aliphatic rings. The van der Waals surface area contributed by atoms with Gasteiger partial charge in [-0.15, -0.1) is 0 Å². The highest BCUT2D eigenvalue weighted by Crippen LogP contribution is 2.34. The number of benzene rings is 2. The fraction of sp³-hybridized carbons (Fsp3) is 0.227. The molecule has 0 aliphatic carbocycles. The largest absolute Gasteiger partial charge is 0.493 e. The van der Waals surface area contributed by atoms with Gasteiger partial charge in [0.2, 0.25) is 0 Å². The van der Waals surface area contributed by atoms with Gasteiger partial charge in [-0.1, -0.05) is 24.3 Å². The van der Waals surface area contributed by atoms with Gasteiger partial charge in [-0.2, -0.15) is 0 Å². The third-order valence-electron chi connectivity index (χ3n) is 8.68. The van der Waals surface area contributed by atoms with Gasteiger partial charge in [0.05, 0.1) is 78.2 Å². The van der Waals surface area contributed by atoms with E-state index in [1.54, 1.807) is 0 Å². The highest BCUT2D eigenvalue weighted by Gasteiger charge is 2.16. The minimum Gasteiger partial charge on any atom is -0.493 e. The van der Waals surface area contributed by atoms with Gasteiger partial charge in [-0.05, 0) is 96.1 Å². The number of quaternary nitrogens is 2. The van der Waals surface area contributed by atoms with Gasteiger partial charge in [-0.25, -0.2) is 9.97 Å². The van der Waals surface area contributed by atoms with Gasteiger partial charge in [0.15, 0.2) is 0 Å². The number of hydrogen-bond donors (Lipinski definition) is 2. The van der Waals surface area contributed by atoms with E-state index in [0.717, 1.165) is 94.8 Å². The maximum Gasteiger partial charge on any atom is 0.143 e. The molecule has 0 amide bonds. The van der Waals surface area contributed by atoms with Crippen LogP contribution in [0, 0.1) is 12.0 Å². The maximum atomic E-state index is 6.22. The Morgan fingerprint density at radius 2 is 1.19 bits per heavy atom. The van der Waals surface area contributed by atoms with Crippen molar-refractivity contribution >= 4 is 46.4 Å². The van der Waals surface area contributed by atoms with Crippen molar-refractivity contribution in [3.05, 3.63) is 108 Å². The second kappa shape index (κ2) is 14.4. The number of aromatic amines is 2. The van der Waals surface area contributed by atoms with Crippen LogP contribution in [0.5, 0.6) is 11.5 Å². The number of H-pyrrole nitrogens is 2. The lowest BCUT2D eigenvalue weighted by Gasteiger charge is -2.23. The highest BCUT2D eigenvalue weighted by atomic mass is 16.5. The van der Waals surface area contributed by atoms with E-state index in [4.69, 9.17) is 19.4 Å². The van der Waals surface area contributed by atoms with Gasteiger partial charge in [0.1, 0.15) is 24.2 Å². The normalized spacial score (nSPS) is 12.4. The predicted molar refractivity (Wildman–Crippen MR) is 214 cm³/mol. The van der Waals surface area contributed by atoms with Gasteiger partial charge in [0.25, 0.3) is 0 Å². The molecule has 8 nitrogen and oxygen atoms in total.